The minimum absolute atomic E-state index is 0. The van der Waals surface area contributed by atoms with Crippen LogP contribution in [0.4, 0.5) is 11.8 Å². The first kappa shape index (κ1) is 10.2. The lowest BCUT2D eigenvalue weighted by atomic mass is 10.1. The molecule has 0 radical (unpaired) electrons. The van der Waals surface area contributed by atoms with Gasteiger partial charge in [-0.25, -0.2) is 0 Å². The largest absolute Gasteiger partial charge is 0.412 e. The first-order valence-electron chi connectivity index (χ1n) is 4.54. The number of nitrogen functional groups attached to an aromatic ring is 2. The summed E-state index contributed by atoms with van der Waals surface area (Å²) in [5.41, 5.74) is 13.2. The summed E-state index contributed by atoms with van der Waals surface area (Å²) in [5.74, 6) is 0.749. The second kappa shape index (κ2) is 3.35. The van der Waals surface area contributed by atoms with Crippen molar-refractivity contribution in [3.63, 3.8) is 0 Å². The summed E-state index contributed by atoms with van der Waals surface area (Å²) in [6, 6.07) is 5.74. The number of hydrogen-bond donors (Lipinski definition) is 3. The normalized spacial score (nSPS) is 10.5. The molecule has 3 rings (SSSR count). The molecular weight excluding hydrogens is 206 g/mol. The van der Waals surface area contributed by atoms with Gasteiger partial charge in [0.05, 0.1) is 11.0 Å². The van der Waals surface area contributed by atoms with Crippen molar-refractivity contribution < 1.29 is 5.48 Å². The number of rotatable bonds is 0. The summed E-state index contributed by atoms with van der Waals surface area (Å²) in [6.45, 7) is 0. The van der Waals surface area contributed by atoms with Gasteiger partial charge in [-0.05, 0) is 18.2 Å². The number of nitrogens with zero attached hydrogens (tertiary/aromatic N) is 2. The Kier molecular flexibility index (Phi) is 2.13. The third-order valence-electron chi connectivity index (χ3n) is 2.44. The van der Waals surface area contributed by atoms with E-state index in [2.05, 4.69) is 15.0 Å². The van der Waals surface area contributed by atoms with Gasteiger partial charge in [-0.15, -0.1) is 0 Å². The average Bonchev–Trinajstić information content (AvgIpc) is 2.63. The quantitative estimate of drug-likeness (QED) is 0.505. The standard InChI is InChI=1S/C10H9N5.H2O/c11-9-8-5-3-4-13-6(5)1-2-7(8)14-10(12)15-9;/h1-4H,11H2,(H3,12,14,15);1H2. The van der Waals surface area contributed by atoms with E-state index in [0.29, 0.717) is 11.8 Å². The van der Waals surface area contributed by atoms with Gasteiger partial charge in [0.15, 0.2) is 5.95 Å². The van der Waals surface area contributed by atoms with Crippen LogP contribution in [-0.4, -0.2) is 20.4 Å². The number of aromatic amines is 1. The predicted molar refractivity (Wildman–Crippen MR) is 63.8 cm³/mol. The lowest BCUT2D eigenvalue weighted by Crippen LogP contribution is -2.00. The molecule has 0 unspecified atom stereocenters. The van der Waals surface area contributed by atoms with Gasteiger partial charge in [-0.1, -0.05) is 0 Å². The van der Waals surface area contributed by atoms with Gasteiger partial charge in [-0.2, -0.15) is 4.98 Å². The maximum atomic E-state index is 5.84. The van der Waals surface area contributed by atoms with E-state index < -0.39 is 0 Å². The Morgan fingerprint density at radius 1 is 1.12 bits per heavy atom. The highest BCUT2D eigenvalue weighted by atomic mass is 16.0. The second-order valence-electron chi connectivity index (χ2n) is 3.37. The molecule has 3 aromatic rings. The van der Waals surface area contributed by atoms with Crippen LogP contribution < -0.4 is 11.5 Å². The highest BCUT2D eigenvalue weighted by Gasteiger charge is 2.07. The number of fused-ring (bicyclic) bond motifs is 3. The SMILES string of the molecule is Nc1nc(N)c2c(ccc3nccc32)[nH]1.O. The molecule has 7 N–H and O–H groups in total. The van der Waals surface area contributed by atoms with E-state index in [9.17, 15) is 0 Å². The van der Waals surface area contributed by atoms with Crippen molar-refractivity contribution in [1.82, 2.24) is 15.0 Å². The lowest BCUT2D eigenvalue weighted by molar-refractivity contribution is 0.824. The maximum Gasteiger partial charge on any atom is 0.199 e. The third-order valence-corrected chi connectivity index (χ3v) is 2.44. The zero-order chi connectivity index (χ0) is 10.4. The molecule has 2 aromatic heterocycles. The Morgan fingerprint density at radius 2 is 1.94 bits per heavy atom. The van der Waals surface area contributed by atoms with Gasteiger partial charge in [-0.3, -0.25) is 4.98 Å². The highest BCUT2D eigenvalue weighted by Crippen LogP contribution is 2.27. The summed E-state index contributed by atoms with van der Waals surface area (Å²) in [5, 5.41) is 1.87. The maximum absolute atomic E-state index is 5.84. The summed E-state index contributed by atoms with van der Waals surface area (Å²) >= 11 is 0. The van der Waals surface area contributed by atoms with Crippen LogP contribution >= 0.6 is 0 Å². The van der Waals surface area contributed by atoms with Gasteiger partial charge < -0.3 is 21.9 Å². The number of benzene rings is 1. The van der Waals surface area contributed by atoms with Crippen LogP contribution in [0.15, 0.2) is 24.4 Å². The molecule has 0 saturated carbocycles. The zero-order valence-corrected chi connectivity index (χ0v) is 8.36. The van der Waals surface area contributed by atoms with Gasteiger partial charge in [0.2, 0.25) is 0 Å². The van der Waals surface area contributed by atoms with Crippen molar-refractivity contribution in [2.24, 2.45) is 0 Å². The molecule has 6 nitrogen and oxygen atoms in total. The summed E-state index contributed by atoms with van der Waals surface area (Å²) < 4.78 is 0. The molecule has 6 heteroatoms. The molecule has 0 aliphatic rings. The van der Waals surface area contributed by atoms with Gasteiger partial charge >= 0.3 is 0 Å². The molecule has 0 fully saturated rings. The number of hydrogen-bond acceptors (Lipinski definition) is 4. The third kappa shape index (κ3) is 1.24. The predicted octanol–water partition coefficient (Wildman–Crippen LogP) is 0.451. The molecule has 2 heterocycles. The molecule has 0 spiro atoms. The minimum Gasteiger partial charge on any atom is -0.412 e. The van der Waals surface area contributed by atoms with Crippen LogP contribution in [0, 0.1) is 0 Å². The van der Waals surface area contributed by atoms with Gasteiger partial charge in [0.25, 0.3) is 0 Å². The molecule has 0 saturated heterocycles. The Balaban J connectivity index is 0.000000963. The number of nitrogens with two attached hydrogens (primary N) is 2. The molecule has 16 heavy (non-hydrogen) atoms. The molecular formula is C10H11N5O. The Morgan fingerprint density at radius 3 is 2.75 bits per heavy atom. The Bertz CT molecular complexity index is 661. The first-order chi connectivity index (χ1) is 7.25. The van der Waals surface area contributed by atoms with Crippen LogP contribution in [0.1, 0.15) is 0 Å². The second-order valence-corrected chi connectivity index (χ2v) is 3.37. The molecule has 0 atom stereocenters. The Hall–Kier alpha value is -2.34. The fraction of sp³-hybridized carbons (Fsp3) is 0. The topological polar surface area (TPSA) is 125 Å². The van der Waals surface area contributed by atoms with E-state index in [1.165, 1.54) is 0 Å². The lowest BCUT2D eigenvalue weighted by Gasteiger charge is -2.04. The monoisotopic (exact) mass is 217 g/mol. The number of aromatic nitrogens is 3. The number of nitrogens with one attached hydrogen (secondary N) is 1. The van der Waals surface area contributed by atoms with Crippen LogP contribution in [-0.2, 0) is 0 Å². The first-order valence-corrected chi connectivity index (χ1v) is 4.54. The van der Waals surface area contributed by atoms with Crippen LogP contribution in [0.3, 0.4) is 0 Å². The zero-order valence-electron chi connectivity index (χ0n) is 8.36. The fourth-order valence-electron chi connectivity index (χ4n) is 1.81. The molecule has 0 bridgehead atoms. The number of H-pyrrole nitrogens is 1. The molecule has 82 valence electrons. The van der Waals surface area contributed by atoms with Crippen molar-refractivity contribution in [1.29, 1.82) is 0 Å². The summed E-state index contributed by atoms with van der Waals surface area (Å²) in [6.07, 6.45) is 1.75. The van der Waals surface area contributed by atoms with E-state index in [0.717, 1.165) is 21.8 Å². The molecule has 1 aromatic carbocycles. The number of anilines is 2. The molecule has 0 aliphatic carbocycles. The van der Waals surface area contributed by atoms with Crippen molar-refractivity contribution in [3.8, 4) is 0 Å². The summed E-state index contributed by atoms with van der Waals surface area (Å²) in [7, 11) is 0. The van der Waals surface area contributed by atoms with E-state index in [4.69, 9.17) is 11.5 Å². The molecule has 0 amide bonds. The van der Waals surface area contributed by atoms with Gasteiger partial charge in [0.1, 0.15) is 5.82 Å². The smallest absolute Gasteiger partial charge is 0.199 e. The van der Waals surface area contributed by atoms with Crippen molar-refractivity contribution in [2.45, 2.75) is 0 Å². The summed E-state index contributed by atoms with van der Waals surface area (Å²) in [4.78, 5) is 11.2. The van der Waals surface area contributed by atoms with Crippen molar-refractivity contribution in [3.05, 3.63) is 24.4 Å². The van der Waals surface area contributed by atoms with Crippen molar-refractivity contribution >= 4 is 33.6 Å². The highest BCUT2D eigenvalue weighted by molar-refractivity contribution is 6.10. The van der Waals surface area contributed by atoms with E-state index in [1.54, 1.807) is 6.20 Å². The van der Waals surface area contributed by atoms with Crippen LogP contribution in [0.2, 0.25) is 0 Å². The van der Waals surface area contributed by atoms with Crippen LogP contribution in [0.25, 0.3) is 21.8 Å². The average molecular weight is 217 g/mol. The van der Waals surface area contributed by atoms with E-state index >= 15 is 0 Å². The van der Waals surface area contributed by atoms with E-state index in [-0.39, 0.29) is 5.48 Å². The van der Waals surface area contributed by atoms with Crippen LogP contribution in [0.5, 0.6) is 0 Å². The molecule has 0 aliphatic heterocycles. The minimum atomic E-state index is 0. The van der Waals surface area contributed by atoms with Crippen molar-refractivity contribution in [2.75, 3.05) is 11.5 Å². The fourth-order valence-corrected chi connectivity index (χ4v) is 1.81. The van der Waals surface area contributed by atoms with E-state index in [1.807, 2.05) is 18.2 Å². The Labute approximate surface area is 90.6 Å². The van der Waals surface area contributed by atoms with Gasteiger partial charge in [0, 0.05) is 17.0 Å².